The van der Waals surface area contributed by atoms with E-state index < -0.39 is 23.3 Å². The molecule has 4 nitrogen and oxygen atoms in total. The van der Waals surface area contributed by atoms with Gasteiger partial charge < -0.3 is 9.84 Å². The smallest absolute Gasteiger partial charge is 0.417 e. The number of carboxylic acids is 1. The van der Waals surface area contributed by atoms with Gasteiger partial charge in [-0.3, -0.25) is 0 Å². The number of carboxylic acid groups (broad SMARTS) is 1. The Labute approximate surface area is 120 Å². The van der Waals surface area contributed by atoms with Crippen LogP contribution in [-0.4, -0.2) is 11.1 Å². The summed E-state index contributed by atoms with van der Waals surface area (Å²) >= 11 is 0.925. The fraction of sp³-hybridized carbons (Fsp3) is 0.0769. The summed E-state index contributed by atoms with van der Waals surface area (Å²) in [5, 5.41) is 18.9. The number of benzene rings is 1. The van der Waals surface area contributed by atoms with Crippen LogP contribution in [0.1, 0.15) is 20.8 Å². The first kappa shape index (κ1) is 14.9. The second-order valence-corrected chi connectivity index (χ2v) is 4.78. The minimum Gasteiger partial charge on any atom is -0.477 e. The topological polar surface area (TPSA) is 70.3 Å². The van der Waals surface area contributed by atoms with E-state index >= 15 is 0 Å². The molecule has 1 N–H and O–H groups in total. The summed E-state index contributed by atoms with van der Waals surface area (Å²) in [4.78, 5) is 10.7. The zero-order chi connectivity index (χ0) is 15.6. The average Bonchev–Trinajstić information content (AvgIpc) is 2.86. The molecule has 0 saturated carbocycles. The van der Waals surface area contributed by atoms with Gasteiger partial charge in [-0.1, -0.05) is 0 Å². The number of nitriles is 1. The van der Waals surface area contributed by atoms with Crippen molar-refractivity contribution < 1.29 is 27.8 Å². The summed E-state index contributed by atoms with van der Waals surface area (Å²) in [5.41, 5.74) is -1.61. The molecule has 0 aliphatic rings. The van der Waals surface area contributed by atoms with E-state index in [1.54, 1.807) is 0 Å². The largest absolute Gasteiger partial charge is 0.477 e. The molecule has 0 bridgehead atoms. The molecule has 21 heavy (non-hydrogen) atoms. The molecular formula is C13H6F3NO3S. The summed E-state index contributed by atoms with van der Waals surface area (Å²) < 4.78 is 43.1. The van der Waals surface area contributed by atoms with E-state index in [1.165, 1.54) is 17.5 Å². The third kappa shape index (κ3) is 3.32. The second kappa shape index (κ2) is 5.46. The minimum atomic E-state index is -4.62. The van der Waals surface area contributed by atoms with Crippen molar-refractivity contribution in [3.63, 3.8) is 0 Å². The van der Waals surface area contributed by atoms with Gasteiger partial charge in [0.1, 0.15) is 16.4 Å². The first-order valence-corrected chi connectivity index (χ1v) is 6.30. The van der Waals surface area contributed by atoms with Crippen LogP contribution >= 0.6 is 11.3 Å². The van der Waals surface area contributed by atoms with Gasteiger partial charge in [0, 0.05) is 11.4 Å². The first-order chi connectivity index (χ1) is 9.81. The molecular weight excluding hydrogens is 307 g/mol. The highest BCUT2D eigenvalue weighted by Crippen LogP contribution is 2.35. The Hall–Kier alpha value is -2.53. The Kier molecular flexibility index (Phi) is 3.86. The third-order valence-corrected chi connectivity index (χ3v) is 3.34. The molecule has 0 aliphatic carbocycles. The molecule has 1 heterocycles. The van der Waals surface area contributed by atoms with Crippen LogP contribution in [0, 0.1) is 11.3 Å². The average molecular weight is 313 g/mol. The molecule has 0 radical (unpaired) electrons. The minimum absolute atomic E-state index is 0.0225. The van der Waals surface area contributed by atoms with Gasteiger partial charge in [-0.15, -0.1) is 11.3 Å². The Morgan fingerprint density at radius 3 is 2.52 bits per heavy atom. The van der Waals surface area contributed by atoms with Crippen LogP contribution in [0.4, 0.5) is 13.2 Å². The number of halogens is 3. The van der Waals surface area contributed by atoms with E-state index in [-0.39, 0.29) is 16.4 Å². The van der Waals surface area contributed by atoms with Gasteiger partial charge in [-0.25, -0.2) is 4.79 Å². The zero-order valence-electron chi connectivity index (χ0n) is 10.1. The summed E-state index contributed by atoms with van der Waals surface area (Å²) in [6, 6.07) is 5.49. The molecule has 0 amide bonds. The molecule has 0 unspecified atom stereocenters. The Morgan fingerprint density at radius 1 is 1.29 bits per heavy atom. The molecule has 2 rings (SSSR count). The lowest BCUT2D eigenvalue weighted by atomic mass is 10.1. The van der Waals surface area contributed by atoms with Crippen molar-refractivity contribution in [1.29, 1.82) is 5.26 Å². The molecule has 8 heteroatoms. The number of nitrogens with zero attached hydrogens (tertiary/aromatic N) is 1. The van der Waals surface area contributed by atoms with Crippen LogP contribution in [-0.2, 0) is 6.18 Å². The highest BCUT2D eigenvalue weighted by Gasteiger charge is 2.33. The van der Waals surface area contributed by atoms with Crippen LogP contribution in [0.5, 0.6) is 11.5 Å². The fourth-order valence-corrected chi connectivity index (χ4v) is 2.19. The standard InChI is InChI=1S/C13H6F3NO3S/c14-13(15,16)10-2-1-8(3-7(10)5-17)20-9-4-11(12(18)19)21-6-9/h1-4,6H,(H,18,19). The molecule has 1 aromatic carbocycles. The maximum Gasteiger partial charge on any atom is 0.417 e. The van der Waals surface area contributed by atoms with Crippen LogP contribution in [0.2, 0.25) is 0 Å². The van der Waals surface area contributed by atoms with Crippen molar-refractivity contribution in [2.75, 3.05) is 0 Å². The lowest BCUT2D eigenvalue weighted by Crippen LogP contribution is -2.07. The quantitative estimate of drug-likeness (QED) is 0.925. The third-order valence-electron chi connectivity index (χ3n) is 2.44. The maximum atomic E-state index is 12.6. The molecule has 108 valence electrons. The number of carbonyl (C=O) groups is 1. The number of ether oxygens (including phenoxy) is 1. The van der Waals surface area contributed by atoms with Crippen molar-refractivity contribution in [3.8, 4) is 17.6 Å². The fourth-order valence-electron chi connectivity index (χ4n) is 1.55. The number of alkyl halides is 3. The van der Waals surface area contributed by atoms with Gasteiger partial charge in [-0.05, 0) is 18.2 Å². The van der Waals surface area contributed by atoms with Gasteiger partial charge in [0.25, 0.3) is 0 Å². The summed E-state index contributed by atoms with van der Waals surface area (Å²) in [6.45, 7) is 0. The molecule has 0 saturated heterocycles. The number of hydrogen-bond donors (Lipinski definition) is 1. The molecule has 0 aliphatic heterocycles. The maximum absolute atomic E-state index is 12.6. The van der Waals surface area contributed by atoms with Gasteiger partial charge in [0.2, 0.25) is 0 Å². The van der Waals surface area contributed by atoms with E-state index in [0.29, 0.717) is 0 Å². The van der Waals surface area contributed by atoms with Gasteiger partial charge in [0.15, 0.2) is 0 Å². The first-order valence-electron chi connectivity index (χ1n) is 5.42. The van der Waals surface area contributed by atoms with E-state index in [4.69, 9.17) is 15.1 Å². The lowest BCUT2D eigenvalue weighted by molar-refractivity contribution is -0.137. The Balaban J connectivity index is 2.29. The predicted octanol–water partition coefficient (Wildman–Crippen LogP) is 4.13. The Bertz CT molecular complexity index is 731. The molecule has 0 spiro atoms. The number of aromatic carboxylic acids is 1. The van der Waals surface area contributed by atoms with E-state index in [0.717, 1.165) is 29.5 Å². The van der Waals surface area contributed by atoms with E-state index in [9.17, 15) is 18.0 Å². The number of thiophene rings is 1. The van der Waals surface area contributed by atoms with Crippen molar-refractivity contribution in [1.82, 2.24) is 0 Å². The molecule has 1 aromatic heterocycles. The SMILES string of the molecule is N#Cc1cc(Oc2csc(C(=O)O)c2)ccc1C(F)(F)F. The van der Waals surface area contributed by atoms with Gasteiger partial charge in [0.05, 0.1) is 17.2 Å². The van der Waals surface area contributed by atoms with Crippen molar-refractivity contribution in [2.24, 2.45) is 0 Å². The molecule has 0 atom stereocenters. The Morgan fingerprint density at radius 2 is 2.00 bits per heavy atom. The number of hydrogen-bond acceptors (Lipinski definition) is 4. The highest BCUT2D eigenvalue weighted by atomic mass is 32.1. The normalized spacial score (nSPS) is 11.0. The van der Waals surface area contributed by atoms with Crippen molar-refractivity contribution in [3.05, 3.63) is 45.6 Å². The predicted molar refractivity (Wildman–Crippen MR) is 67.5 cm³/mol. The number of rotatable bonds is 3. The zero-order valence-corrected chi connectivity index (χ0v) is 11.0. The molecule has 2 aromatic rings. The molecule has 0 fully saturated rings. The van der Waals surface area contributed by atoms with Crippen LogP contribution in [0.25, 0.3) is 0 Å². The van der Waals surface area contributed by atoms with Crippen LogP contribution in [0.3, 0.4) is 0 Å². The summed E-state index contributed by atoms with van der Waals surface area (Å²) in [7, 11) is 0. The van der Waals surface area contributed by atoms with Crippen molar-refractivity contribution in [2.45, 2.75) is 6.18 Å². The second-order valence-electron chi connectivity index (χ2n) is 3.87. The monoisotopic (exact) mass is 313 g/mol. The van der Waals surface area contributed by atoms with E-state index in [1.807, 2.05) is 0 Å². The van der Waals surface area contributed by atoms with Gasteiger partial charge >= 0.3 is 12.1 Å². The van der Waals surface area contributed by atoms with Crippen LogP contribution in [0.15, 0.2) is 29.6 Å². The van der Waals surface area contributed by atoms with Crippen LogP contribution < -0.4 is 4.74 Å². The summed E-state index contributed by atoms with van der Waals surface area (Å²) in [6.07, 6.45) is -4.62. The van der Waals surface area contributed by atoms with Gasteiger partial charge in [-0.2, -0.15) is 18.4 Å². The van der Waals surface area contributed by atoms with Crippen molar-refractivity contribution >= 4 is 17.3 Å². The van der Waals surface area contributed by atoms with E-state index in [2.05, 4.69) is 0 Å². The summed E-state index contributed by atoms with van der Waals surface area (Å²) in [5.74, 6) is -0.921. The highest BCUT2D eigenvalue weighted by molar-refractivity contribution is 7.12. The lowest BCUT2D eigenvalue weighted by Gasteiger charge is -2.10.